The fourth-order valence-electron chi connectivity index (χ4n) is 3.51. The molecule has 1 aliphatic carbocycles. The van der Waals surface area contributed by atoms with E-state index in [1.807, 2.05) is 12.1 Å². The summed E-state index contributed by atoms with van der Waals surface area (Å²) in [5.74, 6) is 0.426. The largest absolute Gasteiger partial charge is 0.378 e. The minimum Gasteiger partial charge on any atom is -0.378 e. The first-order valence-corrected chi connectivity index (χ1v) is 9.39. The summed E-state index contributed by atoms with van der Waals surface area (Å²) in [5, 5.41) is 0. The molecule has 2 fully saturated rings. The molecule has 1 heterocycles. The highest BCUT2D eigenvalue weighted by atomic mass is 127. The standard InChI is InChI=1S/C19H29FN4O.HI/c20-16-6-8-17(9-7-16)23-11-13-24(14-12-23)19(21)22-10-3-15-25-18-4-1-2-5-18;/h6-9,18H,1-5,10-15H2,(H2,21,22);1H. The predicted molar refractivity (Wildman–Crippen MR) is 115 cm³/mol. The Bertz CT molecular complexity index is 555. The molecule has 7 heteroatoms. The van der Waals surface area contributed by atoms with E-state index in [-0.39, 0.29) is 29.8 Å². The van der Waals surface area contributed by atoms with E-state index in [0.717, 1.165) is 51.4 Å². The molecule has 1 saturated heterocycles. The number of aliphatic imine (C=N–C) groups is 1. The van der Waals surface area contributed by atoms with Crippen molar-refractivity contribution in [1.29, 1.82) is 0 Å². The third-order valence-electron chi connectivity index (χ3n) is 5.03. The Balaban J connectivity index is 0.00000243. The minimum absolute atomic E-state index is 0. The van der Waals surface area contributed by atoms with Crippen molar-refractivity contribution in [2.45, 2.75) is 38.2 Å². The fraction of sp³-hybridized carbons (Fsp3) is 0.632. The SMILES string of the molecule is I.NC(=NCCCOC1CCCC1)N1CCN(c2ccc(F)cc2)CC1. The summed E-state index contributed by atoms with van der Waals surface area (Å²) in [6, 6.07) is 6.66. The first-order chi connectivity index (χ1) is 12.2. The van der Waals surface area contributed by atoms with Crippen molar-refractivity contribution in [2.24, 2.45) is 10.7 Å². The van der Waals surface area contributed by atoms with Crippen LogP contribution in [-0.4, -0.2) is 56.3 Å². The smallest absolute Gasteiger partial charge is 0.191 e. The number of rotatable bonds is 6. The van der Waals surface area contributed by atoms with Crippen LogP contribution in [0.25, 0.3) is 0 Å². The third kappa shape index (κ3) is 6.26. The van der Waals surface area contributed by atoms with Crippen molar-refractivity contribution < 1.29 is 9.13 Å². The molecular weight excluding hydrogens is 446 g/mol. The highest BCUT2D eigenvalue weighted by Crippen LogP contribution is 2.21. The summed E-state index contributed by atoms with van der Waals surface area (Å²) in [6.45, 7) is 4.91. The average Bonchev–Trinajstić information content (AvgIpc) is 3.15. The van der Waals surface area contributed by atoms with Gasteiger partial charge in [-0.05, 0) is 43.5 Å². The van der Waals surface area contributed by atoms with Crippen LogP contribution in [0.1, 0.15) is 32.1 Å². The Kier molecular flexibility index (Phi) is 8.90. The minimum atomic E-state index is -0.198. The predicted octanol–water partition coefficient (Wildman–Crippen LogP) is 3.23. The number of nitrogens with zero attached hydrogens (tertiary/aromatic N) is 3. The molecule has 3 rings (SSSR count). The molecule has 1 aromatic rings. The summed E-state index contributed by atoms with van der Waals surface area (Å²) in [6.07, 6.45) is 6.43. The van der Waals surface area contributed by atoms with E-state index in [2.05, 4.69) is 14.8 Å². The van der Waals surface area contributed by atoms with Gasteiger partial charge in [-0.2, -0.15) is 0 Å². The zero-order valence-corrected chi connectivity index (χ0v) is 17.6. The third-order valence-corrected chi connectivity index (χ3v) is 5.03. The number of anilines is 1. The highest BCUT2D eigenvalue weighted by molar-refractivity contribution is 14.0. The van der Waals surface area contributed by atoms with Crippen LogP contribution in [0.4, 0.5) is 10.1 Å². The molecule has 5 nitrogen and oxygen atoms in total. The van der Waals surface area contributed by atoms with Crippen molar-refractivity contribution in [2.75, 3.05) is 44.2 Å². The Morgan fingerprint density at radius 3 is 2.42 bits per heavy atom. The van der Waals surface area contributed by atoms with Gasteiger partial charge < -0.3 is 20.3 Å². The van der Waals surface area contributed by atoms with Gasteiger partial charge in [0.1, 0.15) is 5.82 Å². The van der Waals surface area contributed by atoms with Crippen LogP contribution in [0.3, 0.4) is 0 Å². The maximum absolute atomic E-state index is 13.0. The Hall–Kier alpha value is -1.09. The topological polar surface area (TPSA) is 54.1 Å². The highest BCUT2D eigenvalue weighted by Gasteiger charge is 2.18. The van der Waals surface area contributed by atoms with Gasteiger partial charge in [-0.15, -0.1) is 24.0 Å². The van der Waals surface area contributed by atoms with Crippen molar-refractivity contribution in [3.63, 3.8) is 0 Å². The lowest BCUT2D eigenvalue weighted by molar-refractivity contribution is 0.0579. The van der Waals surface area contributed by atoms with Crippen molar-refractivity contribution in [1.82, 2.24) is 4.90 Å². The maximum Gasteiger partial charge on any atom is 0.191 e. The van der Waals surface area contributed by atoms with E-state index >= 15 is 0 Å². The molecule has 26 heavy (non-hydrogen) atoms. The van der Waals surface area contributed by atoms with Gasteiger partial charge in [-0.1, -0.05) is 12.8 Å². The van der Waals surface area contributed by atoms with E-state index in [1.54, 1.807) is 0 Å². The Morgan fingerprint density at radius 1 is 1.12 bits per heavy atom. The second-order valence-corrected chi connectivity index (χ2v) is 6.82. The molecule has 2 N–H and O–H groups in total. The average molecular weight is 476 g/mol. The van der Waals surface area contributed by atoms with E-state index in [4.69, 9.17) is 10.5 Å². The lowest BCUT2D eigenvalue weighted by Crippen LogP contribution is -2.51. The number of piperazine rings is 1. The van der Waals surface area contributed by atoms with Crippen molar-refractivity contribution in [3.05, 3.63) is 30.1 Å². The molecule has 1 saturated carbocycles. The number of hydrogen-bond donors (Lipinski definition) is 1. The van der Waals surface area contributed by atoms with Gasteiger partial charge in [0.15, 0.2) is 5.96 Å². The van der Waals surface area contributed by atoms with E-state index in [1.165, 1.54) is 37.8 Å². The quantitative estimate of drug-likeness (QED) is 0.297. The van der Waals surface area contributed by atoms with Crippen molar-refractivity contribution >= 4 is 35.6 Å². The summed E-state index contributed by atoms with van der Waals surface area (Å²) in [7, 11) is 0. The van der Waals surface area contributed by atoms with Crippen LogP contribution in [0.15, 0.2) is 29.3 Å². The van der Waals surface area contributed by atoms with Gasteiger partial charge in [0, 0.05) is 45.0 Å². The monoisotopic (exact) mass is 476 g/mol. The van der Waals surface area contributed by atoms with Gasteiger partial charge >= 0.3 is 0 Å². The van der Waals surface area contributed by atoms with Crippen molar-refractivity contribution in [3.8, 4) is 0 Å². The lowest BCUT2D eigenvalue weighted by Gasteiger charge is -2.36. The molecular formula is C19H30FIN4O. The molecule has 0 amide bonds. The first kappa shape index (κ1) is 21.2. The van der Waals surface area contributed by atoms with Gasteiger partial charge in [0.25, 0.3) is 0 Å². The number of hydrogen-bond acceptors (Lipinski definition) is 3. The molecule has 2 aliphatic rings. The van der Waals surface area contributed by atoms with Crippen LogP contribution in [0, 0.1) is 5.82 Å². The first-order valence-electron chi connectivity index (χ1n) is 9.39. The fourth-order valence-corrected chi connectivity index (χ4v) is 3.51. The molecule has 0 unspecified atom stereocenters. The molecule has 0 bridgehead atoms. The zero-order valence-electron chi connectivity index (χ0n) is 15.3. The molecule has 1 aromatic carbocycles. The summed E-state index contributed by atoms with van der Waals surface area (Å²) in [5.41, 5.74) is 7.18. The van der Waals surface area contributed by atoms with E-state index in [0.29, 0.717) is 12.1 Å². The normalized spacial score (nSPS) is 18.9. The van der Waals surface area contributed by atoms with Crippen LogP contribution in [0.5, 0.6) is 0 Å². The van der Waals surface area contributed by atoms with Gasteiger partial charge in [0.05, 0.1) is 6.10 Å². The zero-order chi connectivity index (χ0) is 17.5. The second kappa shape index (κ2) is 10.9. The number of benzene rings is 1. The maximum atomic E-state index is 13.0. The Morgan fingerprint density at radius 2 is 1.77 bits per heavy atom. The van der Waals surface area contributed by atoms with E-state index in [9.17, 15) is 4.39 Å². The number of nitrogens with two attached hydrogens (primary N) is 1. The second-order valence-electron chi connectivity index (χ2n) is 6.82. The summed E-state index contributed by atoms with van der Waals surface area (Å²) < 4.78 is 18.9. The van der Waals surface area contributed by atoms with Gasteiger partial charge in [-0.25, -0.2) is 4.39 Å². The molecule has 0 radical (unpaired) electrons. The molecule has 1 aliphatic heterocycles. The van der Waals surface area contributed by atoms with E-state index < -0.39 is 0 Å². The number of ether oxygens (including phenoxy) is 1. The molecule has 0 atom stereocenters. The van der Waals surface area contributed by atoms with Crippen LogP contribution < -0.4 is 10.6 Å². The molecule has 0 aromatic heterocycles. The molecule has 0 spiro atoms. The number of guanidine groups is 1. The molecule has 146 valence electrons. The van der Waals surface area contributed by atoms with Gasteiger partial charge in [-0.3, -0.25) is 4.99 Å². The van der Waals surface area contributed by atoms with Gasteiger partial charge in [0.2, 0.25) is 0 Å². The Labute approximate surface area is 172 Å². The van der Waals surface area contributed by atoms with Crippen LogP contribution >= 0.6 is 24.0 Å². The van der Waals surface area contributed by atoms with Crippen LogP contribution in [0.2, 0.25) is 0 Å². The lowest BCUT2D eigenvalue weighted by atomic mass is 10.2. The number of halogens is 2. The van der Waals surface area contributed by atoms with Crippen LogP contribution in [-0.2, 0) is 4.74 Å². The summed E-state index contributed by atoms with van der Waals surface area (Å²) in [4.78, 5) is 8.87. The summed E-state index contributed by atoms with van der Waals surface area (Å²) >= 11 is 0.